The van der Waals surface area contributed by atoms with Crippen molar-refractivity contribution in [2.24, 2.45) is 10.9 Å². The highest BCUT2D eigenvalue weighted by molar-refractivity contribution is 6.11. The molecule has 0 fully saturated rings. The maximum Gasteiger partial charge on any atom is 0.378 e. The van der Waals surface area contributed by atoms with Gasteiger partial charge < -0.3 is 15.7 Å². The highest BCUT2D eigenvalue weighted by atomic mass is 16.5. The van der Waals surface area contributed by atoms with Gasteiger partial charge in [0.15, 0.2) is 0 Å². The average Bonchev–Trinajstić information content (AvgIpc) is 2.84. The number of benzene rings is 3. The van der Waals surface area contributed by atoms with Crippen molar-refractivity contribution in [3.05, 3.63) is 102 Å². The third-order valence-electron chi connectivity index (χ3n) is 4.88. The van der Waals surface area contributed by atoms with E-state index >= 15 is 0 Å². The molecule has 1 unspecified atom stereocenters. The maximum atomic E-state index is 13.2. The smallest absolute Gasteiger partial charge is 0.378 e. The Hall–Kier alpha value is -4.46. The molecule has 0 heterocycles. The molecule has 0 aliphatic rings. The number of rotatable bonds is 10. The number of carbonyl (C=O) groups excluding carboxylic acids is 2. The topological polar surface area (TPSA) is 131 Å². The summed E-state index contributed by atoms with van der Waals surface area (Å²) >= 11 is 0. The molecule has 1 amide bonds. The van der Waals surface area contributed by atoms with Crippen molar-refractivity contribution in [1.29, 1.82) is 0 Å². The number of para-hydroxylation sites is 1. The number of ketones is 1. The van der Waals surface area contributed by atoms with Crippen LogP contribution in [0.2, 0.25) is 0 Å². The highest BCUT2D eigenvalue weighted by Gasteiger charge is 2.50. The zero-order chi connectivity index (χ0) is 23.7. The molecule has 0 bridgehead atoms. The Labute approximate surface area is 190 Å². The van der Waals surface area contributed by atoms with Gasteiger partial charge in [-0.3, -0.25) is 14.9 Å². The van der Waals surface area contributed by atoms with E-state index in [4.69, 9.17) is 10.6 Å². The third-order valence-corrected chi connectivity index (χ3v) is 4.88. The molecule has 8 nitrogen and oxygen atoms in total. The second kappa shape index (κ2) is 10.7. The number of hydrogen-bond acceptors (Lipinski definition) is 6. The Balaban J connectivity index is 1.90. The number of ether oxygens (including phenoxy) is 1. The molecule has 4 N–H and O–H groups in total. The molecule has 0 aliphatic heterocycles. The number of carbonyl (C=O) groups is 3. The van der Waals surface area contributed by atoms with Crippen molar-refractivity contribution in [1.82, 2.24) is 5.32 Å². The van der Waals surface area contributed by atoms with Crippen LogP contribution in [0.15, 0.2) is 90.0 Å². The summed E-state index contributed by atoms with van der Waals surface area (Å²) in [5.74, 6) is 2.06. The summed E-state index contributed by atoms with van der Waals surface area (Å²) in [4.78, 5) is 38.6. The van der Waals surface area contributed by atoms with Gasteiger partial charge in [-0.25, -0.2) is 4.79 Å². The van der Waals surface area contributed by atoms with Gasteiger partial charge in [0.05, 0.1) is 6.21 Å². The van der Waals surface area contributed by atoms with Crippen molar-refractivity contribution in [2.75, 3.05) is 0 Å². The zero-order valence-corrected chi connectivity index (χ0v) is 17.7. The number of hydrogen-bond donors (Lipinski definition) is 3. The van der Waals surface area contributed by atoms with E-state index in [9.17, 15) is 19.5 Å². The molecule has 168 valence electrons. The summed E-state index contributed by atoms with van der Waals surface area (Å²) in [5.41, 5.74) is -0.960. The van der Waals surface area contributed by atoms with Gasteiger partial charge in [0, 0.05) is 12.0 Å². The van der Waals surface area contributed by atoms with E-state index in [0.29, 0.717) is 5.56 Å². The lowest BCUT2D eigenvalue weighted by Crippen LogP contribution is -2.64. The predicted octanol–water partition coefficient (Wildman–Crippen LogP) is 2.77. The molecule has 0 aromatic heterocycles. The molecular formula is C25H23N3O5. The second-order valence-electron chi connectivity index (χ2n) is 7.16. The van der Waals surface area contributed by atoms with Gasteiger partial charge >= 0.3 is 11.7 Å². The van der Waals surface area contributed by atoms with Crippen LogP contribution in [-0.4, -0.2) is 34.7 Å². The molecule has 0 saturated carbocycles. The summed E-state index contributed by atoms with van der Waals surface area (Å²) in [6.45, 7) is 0. The average molecular weight is 445 g/mol. The van der Waals surface area contributed by atoms with Gasteiger partial charge in [0.2, 0.25) is 5.78 Å². The van der Waals surface area contributed by atoms with E-state index in [0.717, 1.165) is 5.56 Å². The van der Waals surface area contributed by atoms with E-state index in [1.54, 1.807) is 30.3 Å². The van der Waals surface area contributed by atoms with Crippen molar-refractivity contribution in [3.63, 3.8) is 0 Å². The molecule has 33 heavy (non-hydrogen) atoms. The van der Waals surface area contributed by atoms with Crippen molar-refractivity contribution < 1.29 is 24.2 Å². The van der Waals surface area contributed by atoms with E-state index < -0.39 is 23.4 Å². The highest BCUT2D eigenvalue weighted by Crippen LogP contribution is 2.21. The first kappa shape index (κ1) is 23.2. The van der Waals surface area contributed by atoms with Gasteiger partial charge in [0.1, 0.15) is 5.75 Å². The number of carboxylic acid groups (broad SMARTS) is 1. The van der Waals surface area contributed by atoms with E-state index in [-0.39, 0.29) is 24.2 Å². The molecule has 8 heteroatoms. The Kier molecular flexibility index (Phi) is 7.54. The predicted molar refractivity (Wildman–Crippen MR) is 123 cm³/mol. The summed E-state index contributed by atoms with van der Waals surface area (Å²) in [7, 11) is 0. The lowest BCUT2D eigenvalue weighted by molar-refractivity contribution is -0.164. The Morgan fingerprint density at radius 3 is 2.12 bits per heavy atom. The van der Waals surface area contributed by atoms with E-state index in [1.165, 1.54) is 30.5 Å². The number of hydrazone groups is 1. The van der Waals surface area contributed by atoms with Gasteiger partial charge in [-0.05, 0) is 41.8 Å². The van der Waals surface area contributed by atoms with Crippen LogP contribution in [0.25, 0.3) is 0 Å². The van der Waals surface area contributed by atoms with E-state index in [2.05, 4.69) is 10.4 Å². The second-order valence-corrected chi connectivity index (χ2v) is 7.16. The first-order valence-electron chi connectivity index (χ1n) is 10.1. The number of aryl methyl sites for hydroxylation is 1. The fraction of sp³-hybridized carbons (Fsp3) is 0.120. The van der Waals surface area contributed by atoms with Gasteiger partial charge in [-0.1, -0.05) is 60.7 Å². The van der Waals surface area contributed by atoms with Crippen LogP contribution in [0.4, 0.5) is 0 Å². The van der Waals surface area contributed by atoms with Gasteiger partial charge in [0.25, 0.3) is 5.91 Å². The Morgan fingerprint density at radius 1 is 0.939 bits per heavy atom. The van der Waals surface area contributed by atoms with Crippen molar-refractivity contribution in [3.8, 4) is 5.75 Å². The monoisotopic (exact) mass is 445 g/mol. The maximum absolute atomic E-state index is 13.2. The molecule has 0 saturated heterocycles. The molecular weight excluding hydrogens is 422 g/mol. The number of amides is 1. The van der Waals surface area contributed by atoms with Crippen LogP contribution < -0.4 is 15.9 Å². The fourth-order valence-corrected chi connectivity index (χ4v) is 3.15. The SMILES string of the molecule is NN=Cc1ccc(C(=O)NC(Oc2ccccc2)(C(=O)O)C(=O)CCc2ccccc2)cc1. The minimum atomic E-state index is -2.61. The van der Waals surface area contributed by atoms with Crippen molar-refractivity contribution in [2.45, 2.75) is 18.6 Å². The van der Waals surface area contributed by atoms with Gasteiger partial charge in [-0.15, -0.1) is 0 Å². The third kappa shape index (κ3) is 5.82. The first-order valence-corrected chi connectivity index (χ1v) is 10.1. The Bertz CT molecular complexity index is 1130. The zero-order valence-electron chi connectivity index (χ0n) is 17.7. The number of nitrogens with two attached hydrogens (primary N) is 1. The van der Waals surface area contributed by atoms with Crippen LogP contribution in [0.1, 0.15) is 27.9 Å². The summed E-state index contributed by atoms with van der Waals surface area (Å²) in [5, 5.41) is 15.8. The summed E-state index contributed by atoms with van der Waals surface area (Å²) in [6.07, 6.45) is 1.53. The van der Waals surface area contributed by atoms with Crippen LogP contribution in [0.5, 0.6) is 5.75 Å². The minimum Gasteiger partial charge on any atom is -0.476 e. The van der Waals surface area contributed by atoms with Crippen LogP contribution in [0, 0.1) is 0 Å². The summed E-state index contributed by atoms with van der Waals surface area (Å²) in [6, 6.07) is 23.3. The number of carboxylic acids is 1. The molecule has 0 aliphatic carbocycles. The quantitative estimate of drug-likeness (QED) is 0.145. The fourth-order valence-electron chi connectivity index (χ4n) is 3.15. The number of Topliss-reactive ketones (excluding diaryl/α,β-unsaturated/α-hetero) is 1. The molecule has 3 rings (SSSR count). The summed E-state index contributed by atoms with van der Waals surface area (Å²) < 4.78 is 5.65. The molecule has 3 aromatic carbocycles. The molecule has 0 spiro atoms. The largest absolute Gasteiger partial charge is 0.476 e. The Morgan fingerprint density at radius 2 is 1.55 bits per heavy atom. The lowest BCUT2D eigenvalue weighted by Gasteiger charge is -2.30. The van der Waals surface area contributed by atoms with Gasteiger partial charge in [-0.2, -0.15) is 5.10 Å². The van der Waals surface area contributed by atoms with Crippen LogP contribution >= 0.6 is 0 Å². The number of nitrogens with zero attached hydrogens (tertiary/aromatic N) is 1. The standard InChI is InChI=1S/C25H23N3O5/c26-27-17-19-11-14-20(15-12-19)23(30)28-25(24(31)32,33-21-9-5-2-6-10-21)22(29)16-13-18-7-3-1-4-8-18/h1-12,14-15,17H,13,16,26H2,(H,28,30)(H,31,32). The lowest BCUT2D eigenvalue weighted by atomic mass is 9.99. The molecule has 0 radical (unpaired) electrons. The molecule has 3 aromatic rings. The minimum absolute atomic E-state index is 0.128. The van der Waals surface area contributed by atoms with Crippen LogP contribution in [-0.2, 0) is 16.0 Å². The number of aliphatic carboxylic acids is 1. The molecule has 1 atom stereocenters. The number of nitrogens with one attached hydrogen (secondary N) is 1. The normalized spacial score (nSPS) is 12.6. The first-order chi connectivity index (χ1) is 15.9. The van der Waals surface area contributed by atoms with E-state index in [1.807, 2.05) is 30.3 Å². The van der Waals surface area contributed by atoms with Crippen molar-refractivity contribution >= 4 is 23.9 Å². The van der Waals surface area contributed by atoms with Crippen LogP contribution in [0.3, 0.4) is 0 Å².